The van der Waals surface area contributed by atoms with Crippen molar-refractivity contribution in [2.45, 2.75) is 6.61 Å². The molecule has 0 spiro atoms. The van der Waals surface area contributed by atoms with Gasteiger partial charge in [-0.05, 0) is 35.9 Å². The number of hydrogen-bond donors (Lipinski definition) is 1. The molecule has 3 nitrogen and oxygen atoms in total. The summed E-state index contributed by atoms with van der Waals surface area (Å²) in [4.78, 5) is 0. The number of halogens is 1. The van der Waals surface area contributed by atoms with Crippen molar-refractivity contribution in [2.24, 2.45) is 0 Å². The first-order chi connectivity index (χ1) is 9.22. The van der Waals surface area contributed by atoms with E-state index in [4.69, 9.17) is 21.6 Å². The van der Waals surface area contributed by atoms with E-state index in [9.17, 15) is 0 Å². The molecule has 0 bridgehead atoms. The van der Waals surface area contributed by atoms with Gasteiger partial charge in [0.1, 0.15) is 6.07 Å². The van der Waals surface area contributed by atoms with Gasteiger partial charge >= 0.3 is 0 Å². The number of anilines is 2. The number of methoxy groups -OCH3 is 1. The summed E-state index contributed by atoms with van der Waals surface area (Å²) in [5.74, 6) is 0. The molecular formula is C15H13ClN2O. The molecule has 2 aromatic rings. The van der Waals surface area contributed by atoms with Crippen LogP contribution in [0.25, 0.3) is 0 Å². The Morgan fingerprint density at radius 2 is 2.11 bits per heavy atom. The van der Waals surface area contributed by atoms with E-state index in [-0.39, 0.29) is 0 Å². The standard InChI is InChI=1S/C15H13ClN2O/c1-19-10-11-3-2-4-14(7-11)18-15-6-5-13(16)8-12(15)9-17/h2-8,18H,10H2,1H3. The average molecular weight is 273 g/mol. The van der Waals surface area contributed by atoms with Gasteiger partial charge in [-0.15, -0.1) is 0 Å². The lowest BCUT2D eigenvalue weighted by molar-refractivity contribution is 0.185. The average Bonchev–Trinajstić information content (AvgIpc) is 2.41. The minimum absolute atomic E-state index is 0.518. The van der Waals surface area contributed by atoms with Gasteiger partial charge in [0, 0.05) is 17.8 Å². The molecule has 19 heavy (non-hydrogen) atoms. The predicted molar refractivity (Wildman–Crippen MR) is 76.6 cm³/mol. The summed E-state index contributed by atoms with van der Waals surface area (Å²) in [7, 11) is 1.66. The Morgan fingerprint density at radius 3 is 2.84 bits per heavy atom. The molecule has 0 aromatic heterocycles. The molecule has 1 N–H and O–H groups in total. The fourth-order valence-corrected chi connectivity index (χ4v) is 1.95. The van der Waals surface area contributed by atoms with E-state index < -0.39 is 0 Å². The van der Waals surface area contributed by atoms with Crippen molar-refractivity contribution in [3.8, 4) is 6.07 Å². The summed E-state index contributed by atoms with van der Waals surface area (Å²) in [5, 5.41) is 12.9. The summed E-state index contributed by atoms with van der Waals surface area (Å²) in [5.41, 5.74) is 3.24. The number of nitrogens with zero attached hydrogens (tertiary/aromatic N) is 1. The Kier molecular flexibility index (Phi) is 4.40. The summed E-state index contributed by atoms with van der Waals surface area (Å²) in [6.07, 6.45) is 0. The molecular weight excluding hydrogens is 260 g/mol. The third kappa shape index (κ3) is 3.47. The first-order valence-electron chi connectivity index (χ1n) is 5.77. The van der Waals surface area contributed by atoms with Gasteiger partial charge in [0.2, 0.25) is 0 Å². The van der Waals surface area contributed by atoms with Crippen molar-refractivity contribution in [2.75, 3.05) is 12.4 Å². The van der Waals surface area contributed by atoms with Crippen LogP contribution in [0.1, 0.15) is 11.1 Å². The highest BCUT2D eigenvalue weighted by atomic mass is 35.5. The second-order valence-electron chi connectivity index (χ2n) is 4.06. The van der Waals surface area contributed by atoms with Gasteiger partial charge in [-0.25, -0.2) is 0 Å². The lowest BCUT2D eigenvalue weighted by Gasteiger charge is -2.10. The summed E-state index contributed by atoms with van der Waals surface area (Å²) in [6.45, 7) is 0.557. The Balaban J connectivity index is 2.26. The minimum atomic E-state index is 0.518. The molecule has 0 radical (unpaired) electrons. The van der Waals surface area contributed by atoms with Gasteiger partial charge in [0.15, 0.2) is 0 Å². The number of benzene rings is 2. The van der Waals surface area contributed by atoms with Crippen molar-refractivity contribution in [3.63, 3.8) is 0 Å². The summed E-state index contributed by atoms with van der Waals surface area (Å²) < 4.78 is 5.10. The van der Waals surface area contributed by atoms with Crippen LogP contribution >= 0.6 is 11.6 Å². The van der Waals surface area contributed by atoms with E-state index in [1.165, 1.54) is 0 Å². The highest BCUT2D eigenvalue weighted by Crippen LogP contribution is 2.24. The van der Waals surface area contributed by atoms with Crippen LogP contribution in [-0.2, 0) is 11.3 Å². The van der Waals surface area contributed by atoms with Crippen molar-refractivity contribution < 1.29 is 4.74 Å². The van der Waals surface area contributed by atoms with Crippen molar-refractivity contribution in [1.82, 2.24) is 0 Å². The lowest BCUT2D eigenvalue weighted by Crippen LogP contribution is -1.95. The van der Waals surface area contributed by atoms with Crippen molar-refractivity contribution >= 4 is 23.0 Å². The Bertz CT molecular complexity index is 620. The molecule has 0 saturated heterocycles. The highest BCUT2D eigenvalue weighted by molar-refractivity contribution is 6.30. The monoisotopic (exact) mass is 272 g/mol. The van der Waals surface area contributed by atoms with Crippen LogP contribution in [0.3, 0.4) is 0 Å². The van der Waals surface area contributed by atoms with Crippen LogP contribution in [0.4, 0.5) is 11.4 Å². The number of ether oxygens (including phenoxy) is 1. The molecule has 0 aliphatic carbocycles. The third-order valence-corrected chi connectivity index (χ3v) is 2.85. The maximum atomic E-state index is 9.09. The van der Waals surface area contributed by atoms with Crippen LogP contribution in [0.2, 0.25) is 5.02 Å². The Morgan fingerprint density at radius 1 is 1.26 bits per heavy atom. The van der Waals surface area contributed by atoms with Crippen LogP contribution in [0.15, 0.2) is 42.5 Å². The third-order valence-electron chi connectivity index (χ3n) is 2.62. The predicted octanol–water partition coefficient (Wildman–Crippen LogP) is 4.10. The first-order valence-corrected chi connectivity index (χ1v) is 6.15. The van der Waals surface area contributed by atoms with Crippen LogP contribution < -0.4 is 5.32 Å². The molecule has 0 aliphatic rings. The number of rotatable bonds is 4. The normalized spacial score (nSPS) is 9.95. The van der Waals surface area contributed by atoms with Crippen LogP contribution in [-0.4, -0.2) is 7.11 Å². The molecule has 2 aromatic carbocycles. The zero-order valence-electron chi connectivity index (χ0n) is 10.5. The van der Waals surface area contributed by atoms with Crippen molar-refractivity contribution in [1.29, 1.82) is 5.26 Å². The smallest absolute Gasteiger partial charge is 0.101 e. The largest absolute Gasteiger partial charge is 0.380 e. The fourth-order valence-electron chi connectivity index (χ4n) is 1.78. The van der Waals surface area contributed by atoms with Gasteiger partial charge < -0.3 is 10.1 Å². The van der Waals surface area contributed by atoms with Crippen LogP contribution in [0, 0.1) is 11.3 Å². The molecule has 96 valence electrons. The maximum Gasteiger partial charge on any atom is 0.101 e. The highest BCUT2D eigenvalue weighted by Gasteiger charge is 2.04. The summed E-state index contributed by atoms with van der Waals surface area (Å²) >= 11 is 5.87. The molecule has 0 amide bonds. The first kappa shape index (κ1) is 13.4. The zero-order chi connectivity index (χ0) is 13.7. The molecule has 0 atom stereocenters. The van der Waals surface area contributed by atoms with E-state index in [0.717, 1.165) is 16.9 Å². The topological polar surface area (TPSA) is 45.0 Å². The van der Waals surface area contributed by atoms with E-state index in [2.05, 4.69) is 11.4 Å². The molecule has 4 heteroatoms. The van der Waals surface area contributed by atoms with Gasteiger partial charge in [0.05, 0.1) is 17.9 Å². The van der Waals surface area contributed by atoms with Gasteiger partial charge in [-0.3, -0.25) is 0 Å². The number of hydrogen-bond acceptors (Lipinski definition) is 3. The number of nitrogens with one attached hydrogen (secondary N) is 1. The van der Waals surface area contributed by atoms with Gasteiger partial charge in [0.25, 0.3) is 0 Å². The summed E-state index contributed by atoms with van der Waals surface area (Å²) in [6, 6.07) is 15.2. The van der Waals surface area contributed by atoms with E-state index in [1.54, 1.807) is 25.3 Å². The van der Waals surface area contributed by atoms with Crippen LogP contribution in [0.5, 0.6) is 0 Å². The maximum absolute atomic E-state index is 9.09. The van der Waals surface area contributed by atoms with E-state index >= 15 is 0 Å². The number of nitriles is 1. The Labute approximate surface area is 117 Å². The minimum Gasteiger partial charge on any atom is -0.380 e. The molecule has 0 heterocycles. The molecule has 0 aliphatic heterocycles. The quantitative estimate of drug-likeness (QED) is 0.911. The fraction of sp³-hybridized carbons (Fsp3) is 0.133. The molecule has 0 saturated carbocycles. The zero-order valence-corrected chi connectivity index (χ0v) is 11.2. The SMILES string of the molecule is COCc1cccc(Nc2ccc(Cl)cc2C#N)c1. The molecule has 0 unspecified atom stereocenters. The Hall–Kier alpha value is -2.02. The second kappa shape index (κ2) is 6.24. The van der Waals surface area contributed by atoms with E-state index in [1.807, 2.05) is 24.3 Å². The lowest BCUT2D eigenvalue weighted by atomic mass is 10.1. The van der Waals surface area contributed by atoms with Gasteiger partial charge in [-0.2, -0.15) is 5.26 Å². The molecule has 0 fully saturated rings. The van der Waals surface area contributed by atoms with E-state index in [0.29, 0.717) is 17.2 Å². The second-order valence-corrected chi connectivity index (χ2v) is 4.50. The van der Waals surface area contributed by atoms with Crippen molar-refractivity contribution in [3.05, 3.63) is 58.6 Å². The molecule has 2 rings (SSSR count). The van der Waals surface area contributed by atoms with Gasteiger partial charge in [-0.1, -0.05) is 23.7 Å².